The van der Waals surface area contributed by atoms with Crippen LogP contribution in [0.5, 0.6) is 0 Å². The Morgan fingerprint density at radius 2 is 1.72 bits per heavy atom. The molecule has 0 nitrogen and oxygen atoms in total. The molecule has 0 atom stereocenters. The molecule has 0 unspecified atom stereocenters. The Balaban J connectivity index is 2.40. The number of hydrogen-bond acceptors (Lipinski definition) is 0. The molecule has 0 aliphatic heterocycles. The smallest absolute Gasteiger partial charge is 0.0195 e. The van der Waals surface area contributed by atoms with Crippen molar-refractivity contribution in [1.82, 2.24) is 0 Å². The average molecular weight is 236 g/mol. The Labute approximate surface area is 110 Å². The number of benzene rings is 2. The average Bonchev–Trinajstić information content (AvgIpc) is 2.40. The van der Waals surface area contributed by atoms with Gasteiger partial charge < -0.3 is 0 Å². The van der Waals surface area contributed by atoms with Gasteiger partial charge in [-0.25, -0.2) is 0 Å². The summed E-state index contributed by atoms with van der Waals surface area (Å²) in [4.78, 5) is 0. The van der Waals surface area contributed by atoms with Crippen LogP contribution in [0.15, 0.2) is 48.5 Å². The molecular formula is C18H20. The molecule has 0 saturated heterocycles. The lowest BCUT2D eigenvalue weighted by Gasteiger charge is -2.10. The van der Waals surface area contributed by atoms with Gasteiger partial charge in [0, 0.05) is 0 Å². The van der Waals surface area contributed by atoms with E-state index in [1.165, 1.54) is 27.8 Å². The first kappa shape index (κ1) is 12.6. The molecule has 0 spiro atoms. The first-order valence-electron chi connectivity index (χ1n) is 6.54. The van der Waals surface area contributed by atoms with Crippen LogP contribution in [0.2, 0.25) is 0 Å². The Morgan fingerprint density at radius 3 is 2.39 bits per heavy atom. The topological polar surface area (TPSA) is 0 Å². The van der Waals surface area contributed by atoms with Gasteiger partial charge in [0.25, 0.3) is 0 Å². The second-order valence-corrected chi connectivity index (χ2v) is 4.68. The van der Waals surface area contributed by atoms with E-state index < -0.39 is 0 Å². The minimum Gasteiger partial charge on any atom is -0.0622 e. The molecule has 2 rings (SSSR count). The molecule has 2 aromatic rings. The van der Waals surface area contributed by atoms with E-state index in [1.807, 2.05) is 0 Å². The van der Waals surface area contributed by atoms with Gasteiger partial charge in [0.05, 0.1) is 0 Å². The van der Waals surface area contributed by atoms with Crippen molar-refractivity contribution in [2.75, 3.05) is 0 Å². The maximum Gasteiger partial charge on any atom is -0.0195 e. The maximum absolute atomic E-state index is 2.25. The summed E-state index contributed by atoms with van der Waals surface area (Å²) in [6, 6.07) is 17.1. The summed E-state index contributed by atoms with van der Waals surface area (Å²) in [5.41, 5.74) is 6.79. The second kappa shape index (κ2) is 5.68. The van der Waals surface area contributed by atoms with Crippen LogP contribution in [0.25, 0.3) is 11.6 Å². The van der Waals surface area contributed by atoms with Gasteiger partial charge in [-0.3, -0.25) is 0 Å². The van der Waals surface area contributed by atoms with E-state index in [0.29, 0.717) is 0 Å². The van der Waals surface area contributed by atoms with Crippen molar-refractivity contribution in [3.63, 3.8) is 0 Å². The molecule has 0 saturated carbocycles. The number of allylic oxidation sites excluding steroid dienone is 1. The molecular weight excluding hydrogens is 216 g/mol. The highest BCUT2D eigenvalue weighted by atomic mass is 14.1. The van der Waals surface area contributed by atoms with Gasteiger partial charge in [0.2, 0.25) is 0 Å². The van der Waals surface area contributed by atoms with Crippen molar-refractivity contribution in [1.29, 1.82) is 0 Å². The lowest BCUT2D eigenvalue weighted by molar-refractivity contribution is 1.10. The molecule has 0 heterocycles. The lowest BCUT2D eigenvalue weighted by Crippen LogP contribution is -1.92. The van der Waals surface area contributed by atoms with E-state index in [2.05, 4.69) is 75.4 Å². The Bertz CT molecular complexity index is 548. The highest BCUT2D eigenvalue weighted by Gasteiger charge is 2.04. The molecule has 2 aromatic carbocycles. The van der Waals surface area contributed by atoms with Gasteiger partial charge in [-0.1, -0.05) is 61.5 Å². The normalized spacial score (nSPS) is 11.6. The zero-order valence-corrected chi connectivity index (χ0v) is 11.4. The fourth-order valence-corrected chi connectivity index (χ4v) is 2.37. The first-order chi connectivity index (χ1) is 8.72. The quantitative estimate of drug-likeness (QED) is 0.649. The minimum atomic E-state index is 1.10. The third-order valence-electron chi connectivity index (χ3n) is 3.43. The fourth-order valence-electron chi connectivity index (χ4n) is 2.37. The third-order valence-corrected chi connectivity index (χ3v) is 3.43. The van der Waals surface area contributed by atoms with Gasteiger partial charge >= 0.3 is 0 Å². The Kier molecular flexibility index (Phi) is 3.99. The maximum atomic E-state index is 2.25. The van der Waals surface area contributed by atoms with Gasteiger partial charge in [-0.15, -0.1) is 0 Å². The summed E-state index contributed by atoms with van der Waals surface area (Å²) >= 11 is 0. The number of rotatable bonds is 3. The summed E-state index contributed by atoms with van der Waals surface area (Å²) in [6.45, 7) is 6.62. The summed E-state index contributed by atoms with van der Waals surface area (Å²) < 4.78 is 0. The summed E-state index contributed by atoms with van der Waals surface area (Å²) in [7, 11) is 0. The second-order valence-electron chi connectivity index (χ2n) is 4.68. The number of hydrogen-bond donors (Lipinski definition) is 0. The molecule has 0 heteroatoms. The first-order valence-corrected chi connectivity index (χ1v) is 6.54. The van der Waals surface area contributed by atoms with Gasteiger partial charge in [-0.05, 0) is 48.1 Å². The van der Waals surface area contributed by atoms with Crippen molar-refractivity contribution in [3.8, 4) is 0 Å². The van der Waals surface area contributed by atoms with Crippen LogP contribution in [0, 0.1) is 6.92 Å². The molecule has 0 bridgehead atoms. The van der Waals surface area contributed by atoms with E-state index in [-0.39, 0.29) is 0 Å². The largest absolute Gasteiger partial charge is 0.0622 e. The van der Waals surface area contributed by atoms with E-state index in [4.69, 9.17) is 0 Å². The molecule has 0 N–H and O–H groups in total. The van der Waals surface area contributed by atoms with Crippen molar-refractivity contribution in [3.05, 3.63) is 70.8 Å². The van der Waals surface area contributed by atoms with Crippen molar-refractivity contribution >= 4 is 11.6 Å². The standard InChI is InChI=1S/C18H20/c1-4-17-11-8-12-18(15(17)3)14(2)13-16-9-6-5-7-10-16/h5-13H,4H2,1-3H3. The van der Waals surface area contributed by atoms with Crippen LogP contribution >= 0.6 is 0 Å². The molecule has 0 fully saturated rings. The van der Waals surface area contributed by atoms with Crippen LogP contribution in [0.3, 0.4) is 0 Å². The van der Waals surface area contributed by atoms with Crippen LogP contribution in [0.4, 0.5) is 0 Å². The predicted molar refractivity (Wildman–Crippen MR) is 80.5 cm³/mol. The fraction of sp³-hybridized carbons (Fsp3) is 0.222. The SMILES string of the molecule is CCc1cccc(C(C)=Cc2ccccc2)c1C. The Hall–Kier alpha value is -1.82. The zero-order valence-electron chi connectivity index (χ0n) is 11.4. The van der Waals surface area contributed by atoms with Crippen LogP contribution in [-0.2, 0) is 6.42 Å². The van der Waals surface area contributed by atoms with Crippen molar-refractivity contribution in [2.24, 2.45) is 0 Å². The van der Waals surface area contributed by atoms with E-state index in [0.717, 1.165) is 6.42 Å². The van der Waals surface area contributed by atoms with Crippen molar-refractivity contribution in [2.45, 2.75) is 27.2 Å². The highest BCUT2D eigenvalue weighted by Crippen LogP contribution is 2.23. The van der Waals surface area contributed by atoms with Gasteiger partial charge in [0.1, 0.15) is 0 Å². The summed E-state index contributed by atoms with van der Waals surface area (Å²) in [6.07, 6.45) is 3.35. The lowest BCUT2D eigenvalue weighted by atomic mass is 9.95. The predicted octanol–water partition coefficient (Wildman–Crippen LogP) is 5.12. The molecule has 0 aliphatic carbocycles. The van der Waals surface area contributed by atoms with Crippen LogP contribution < -0.4 is 0 Å². The molecule has 92 valence electrons. The molecule has 0 aliphatic rings. The highest BCUT2D eigenvalue weighted by molar-refractivity contribution is 5.81. The summed E-state index contributed by atoms with van der Waals surface area (Å²) in [5.74, 6) is 0. The van der Waals surface area contributed by atoms with E-state index in [9.17, 15) is 0 Å². The third kappa shape index (κ3) is 2.70. The molecule has 0 radical (unpaired) electrons. The summed E-state index contributed by atoms with van der Waals surface area (Å²) in [5, 5.41) is 0. The zero-order chi connectivity index (χ0) is 13.0. The van der Waals surface area contributed by atoms with E-state index >= 15 is 0 Å². The van der Waals surface area contributed by atoms with Gasteiger partial charge in [-0.2, -0.15) is 0 Å². The molecule has 0 amide bonds. The monoisotopic (exact) mass is 236 g/mol. The van der Waals surface area contributed by atoms with Crippen LogP contribution in [0.1, 0.15) is 36.1 Å². The minimum absolute atomic E-state index is 1.10. The molecule has 0 aromatic heterocycles. The Morgan fingerprint density at radius 1 is 1.00 bits per heavy atom. The van der Waals surface area contributed by atoms with Gasteiger partial charge in [0.15, 0.2) is 0 Å². The number of aryl methyl sites for hydroxylation is 1. The van der Waals surface area contributed by atoms with Crippen LogP contribution in [-0.4, -0.2) is 0 Å². The molecule has 18 heavy (non-hydrogen) atoms. The van der Waals surface area contributed by atoms with Crippen molar-refractivity contribution < 1.29 is 0 Å². The van der Waals surface area contributed by atoms with E-state index in [1.54, 1.807) is 0 Å².